The van der Waals surface area contributed by atoms with Gasteiger partial charge < -0.3 is 5.32 Å². The van der Waals surface area contributed by atoms with Crippen LogP contribution in [0.1, 0.15) is 50.5 Å². The highest BCUT2D eigenvalue weighted by Crippen LogP contribution is 2.54. The van der Waals surface area contributed by atoms with Crippen LogP contribution in [0.3, 0.4) is 0 Å². The molecule has 1 aromatic rings. The van der Waals surface area contributed by atoms with Crippen molar-refractivity contribution >= 4 is 15.9 Å². The van der Waals surface area contributed by atoms with Gasteiger partial charge in [0.15, 0.2) is 0 Å². The molecule has 4 bridgehead atoms. The number of likely N-dealkylation sites (N-methyl/N-ethyl adjacent to an activating group) is 1. The summed E-state index contributed by atoms with van der Waals surface area (Å²) >= 11 is 0. The molecule has 6 rings (SSSR count). The van der Waals surface area contributed by atoms with Crippen molar-refractivity contribution in [2.24, 2.45) is 23.7 Å². The maximum Gasteiger partial charge on any atom is 0.243 e. The van der Waals surface area contributed by atoms with Gasteiger partial charge in [0.2, 0.25) is 15.9 Å². The average molecular weight is 421 g/mol. The number of rotatable bonds is 5. The van der Waals surface area contributed by atoms with E-state index >= 15 is 0 Å². The summed E-state index contributed by atoms with van der Waals surface area (Å²) in [7, 11) is -2.49. The molecule has 7 heteroatoms. The predicted octanol–water partition coefficient (Wildman–Crippen LogP) is 3.23. The molecular formula is C22H29FN2O3S. The van der Waals surface area contributed by atoms with Gasteiger partial charge in [-0.3, -0.25) is 4.79 Å². The Bertz CT molecular complexity index is 929. The number of benzene rings is 1. The minimum Gasteiger partial charge on any atom is -0.351 e. The highest BCUT2D eigenvalue weighted by atomic mass is 32.2. The second-order valence-electron chi connectivity index (χ2n) is 9.85. The monoisotopic (exact) mass is 420 g/mol. The quantitative estimate of drug-likeness (QED) is 0.795. The van der Waals surface area contributed by atoms with Crippen LogP contribution in [0.15, 0.2) is 23.1 Å². The fourth-order valence-electron chi connectivity index (χ4n) is 6.37. The smallest absolute Gasteiger partial charge is 0.243 e. The number of sulfonamides is 1. The number of aryl methyl sites for hydroxylation is 1. The Labute approximate surface area is 172 Å². The molecule has 158 valence electrons. The Balaban J connectivity index is 1.35. The molecule has 5 aliphatic rings. The molecule has 0 radical (unpaired) electrons. The van der Waals surface area contributed by atoms with Crippen LogP contribution < -0.4 is 5.32 Å². The first-order chi connectivity index (χ1) is 13.7. The summed E-state index contributed by atoms with van der Waals surface area (Å²) in [5, 5.41) is 3.27. The van der Waals surface area contributed by atoms with Crippen LogP contribution in [-0.2, 0) is 14.8 Å². The number of carbonyl (C=O) groups is 1. The van der Waals surface area contributed by atoms with Crippen molar-refractivity contribution in [2.75, 3.05) is 7.05 Å². The second kappa shape index (κ2) is 6.51. The van der Waals surface area contributed by atoms with Crippen molar-refractivity contribution in [3.8, 4) is 0 Å². The molecule has 1 N–H and O–H groups in total. The molecular weight excluding hydrogens is 391 g/mol. The Hall–Kier alpha value is -1.47. The number of hydrogen-bond donors (Lipinski definition) is 1. The van der Waals surface area contributed by atoms with Crippen molar-refractivity contribution in [1.29, 1.82) is 0 Å². The number of amides is 1. The van der Waals surface area contributed by atoms with Crippen LogP contribution in [-0.4, -0.2) is 37.3 Å². The van der Waals surface area contributed by atoms with Gasteiger partial charge in [-0.2, -0.15) is 4.31 Å². The molecule has 0 aliphatic heterocycles. The summed E-state index contributed by atoms with van der Waals surface area (Å²) < 4.78 is 41.3. The second-order valence-corrected chi connectivity index (χ2v) is 11.8. The third-order valence-corrected chi connectivity index (χ3v) is 10.00. The molecule has 0 atom stereocenters. The minimum atomic E-state index is -3.95. The minimum absolute atomic E-state index is 0.100. The molecule has 1 amide bonds. The highest BCUT2D eigenvalue weighted by molar-refractivity contribution is 7.89. The van der Waals surface area contributed by atoms with E-state index in [2.05, 4.69) is 5.32 Å². The zero-order valence-corrected chi connectivity index (χ0v) is 17.8. The highest BCUT2D eigenvalue weighted by Gasteiger charge is 2.59. The molecule has 1 aromatic carbocycles. The fraction of sp³-hybridized carbons (Fsp3) is 0.682. The summed E-state index contributed by atoms with van der Waals surface area (Å²) in [6, 6.07) is 4.11. The zero-order valence-electron chi connectivity index (χ0n) is 17.0. The number of carbonyl (C=O) groups excluding carboxylic acids is 1. The van der Waals surface area contributed by atoms with E-state index in [0.717, 1.165) is 17.9 Å². The van der Waals surface area contributed by atoms with E-state index < -0.39 is 21.4 Å². The first kappa shape index (κ1) is 19.5. The van der Waals surface area contributed by atoms with Crippen LogP contribution in [0, 0.1) is 36.4 Å². The first-order valence-electron chi connectivity index (χ1n) is 10.8. The average Bonchev–Trinajstić information content (AvgIpc) is 3.47. The van der Waals surface area contributed by atoms with Gasteiger partial charge in [0, 0.05) is 13.1 Å². The number of hydrogen-bond acceptors (Lipinski definition) is 3. The van der Waals surface area contributed by atoms with Gasteiger partial charge in [0.25, 0.3) is 0 Å². The molecule has 5 fully saturated rings. The summed E-state index contributed by atoms with van der Waals surface area (Å²) in [6.45, 7) is 1.59. The van der Waals surface area contributed by atoms with Crippen molar-refractivity contribution in [3.63, 3.8) is 0 Å². The van der Waals surface area contributed by atoms with E-state index in [9.17, 15) is 17.6 Å². The van der Waals surface area contributed by atoms with Crippen molar-refractivity contribution in [1.82, 2.24) is 9.62 Å². The number of halogens is 1. The van der Waals surface area contributed by atoms with E-state index in [1.165, 1.54) is 55.6 Å². The Morgan fingerprint density at radius 1 is 1.10 bits per heavy atom. The van der Waals surface area contributed by atoms with Crippen molar-refractivity contribution < 1.29 is 17.6 Å². The summed E-state index contributed by atoms with van der Waals surface area (Å²) in [4.78, 5) is 13.2. The maximum absolute atomic E-state index is 14.0. The van der Waals surface area contributed by atoms with Gasteiger partial charge in [-0.05, 0) is 93.2 Å². The molecule has 0 spiro atoms. The van der Waals surface area contributed by atoms with Crippen molar-refractivity contribution in [2.45, 2.75) is 68.3 Å². The molecule has 0 heterocycles. The third kappa shape index (κ3) is 3.03. The lowest BCUT2D eigenvalue weighted by Gasteiger charge is -2.54. The first-order valence-corrected chi connectivity index (χ1v) is 12.2. The predicted molar refractivity (Wildman–Crippen MR) is 107 cm³/mol. The van der Waals surface area contributed by atoms with E-state index in [1.54, 1.807) is 6.92 Å². The topological polar surface area (TPSA) is 66.5 Å². The Morgan fingerprint density at radius 2 is 1.69 bits per heavy atom. The van der Waals surface area contributed by atoms with Gasteiger partial charge in [0.1, 0.15) is 11.4 Å². The van der Waals surface area contributed by atoms with Gasteiger partial charge in [0.05, 0.1) is 4.90 Å². The number of nitrogens with zero attached hydrogens (tertiary/aromatic N) is 1. The third-order valence-electron chi connectivity index (χ3n) is 8.08. The lowest BCUT2D eigenvalue weighted by atomic mass is 9.54. The molecule has 5 saturated carbocycles. The normalized spacial score (nSPS) is 34.4. The lowest BCUT2D eigenvalue weighted by molar-refractivity contribution is -0.129. The largest absolute Gasteiger partial charge is 0.351 e. The van der Waals surface area contributed by atoms with Gasteiger partial charge in [-0.25, -0.2) is 12.8 Å². The molecule has 0 aromatic heterocycles. The standard InChI is InChI=1S/C22H29FN2O3S/c1-13-3-4-18(12-19(13)23)29(27,28)25(2)22(5-6-22)21(26)24-20-16-8-14-7-15(10-16)11-17(20)9-14/h3-4,12,14-17,20H,5-11H2,1-2H3,(H,24,26). The van der Waals surface area contributed by atoms with Crippen LogP contribution in [0.5, 0.6) is 0 Å². The van der Waals surface area contributed by atoms with E-state index in [-0.39, 0.29) is 16.8 Å². The summed E-state index contributed by atoms with van der Waals surface area (Å²) in [6.07, 6.45) is 7.16. The van der Waals surface area contributed by atoms with E-state index in [1.807, 2.05) is 0 Å². The Morgan fingerprint density at radius 3 is 2.21 bits per heavy atom. The summed E-state index contributed by atoms with van der Waals surface area (Å²) in [5.74, 6) is 1.99. The van der Waals surface area contributed by atoms with Gasteiger partial charge in [-0.15, -0.1) is 0 Å². The molecule has 29 heavy (non-hydrogen) atoms. The van der Waals surface area contributed by atoms with E-state index in [0.29, 0.717) is 30.2 Å². The van der Waals surface area contributed by atoms with Gasteiger partial charge in [-0.1, -0.05) is 6.07 Å². The molecule has 5 nitrogen and oxygen atoms in total. The van der Waals surface area contributed by atoms with E-state index in [4.69, 9.17) is 0 Å². The zero-order chi connectivity index (χ0) is 20.6. The van der Waals surface area contributed by atoms with Crippen LogP contribution in [0.4, 0.5) is 4.39 Å². The Kier molecular flexibility index (Phi) is 4.38. The fourth-order valence-corrected chi connectivity index (χ4v) is 7.91. The molecule has 0 unspecified atom stereocenters. The SMILES string of the molecule is Cc1ccc(S(=O)(=O)N(C)C2(C(=O)NC3C4CC5CC(C4)CC3C5)CC2)cc1F. The van der Waals surface area contributed by atoms with Crippen LogP contribution in [0.25, 0.3) is 0 Å². The van der Waals surface area contributed by atoms with Gasteiger partial charge >= 0.3 is 0 Å². The molecule has 0 saturated heterocycles. The molecule has 5 aliphatic carbocycles. The number of nitrogens with one attached hydrogen (secondary N) is 1. The van der Waals surface area contributed by atoms with Crippen LogP contribution in [0.2, 0.25) is 0 Å². The van der Waals surface area contributed by atoms with Crippen molar-refractivity contribution in [3.05, 3.63) is 29.6 Å². The maximum atomic E-state index is 14.0. The van der Waals surface area contributed by atoms with Crippen LogP contribution >= 0.6 is 0 Å². The summed E-state index contributed by atoms with van der Waals surface area (Å²) in [5.41, 5.74) is -0.637. The lowest BCUT2D eigenvalue weighted by Crippen LogP contribution is -2.60.